The van der Waals surface area contributed by atoms with Crippen molar-refractivity contribution in [2.24, 2.45) is 0 Å². The van der Waals surface area contributed by atoms with Gasteiger partial charge >= 0.3 is 0 Å². The number of methoxy groups -OCH3 is 1. The van der Waals surface area contributed by atoms with Crippen molar-refractivity contribution in [1.82, 2.24) is 10.9 Å². The quantitative estimate of drug-likeness (QED) is 0.402. The lowest BCUT2D eigenvalue weighted by molar-refractivity contribution is -0.123. The first-order chi connectivity index (χ1) is 16.4. The highest BCUT2D eigenvalue weighted by Gasteiger charge is 2.21. The smallest absolute Gasteiger partial charge is 0.269 e. The first-order valence-electron chi connectivity index (χ1n) is 10.8. The van der Waals surface area contributed by atoms with Crippen molar-refractivity contribution in [2.45, 2.75) is 30.6 Å². The van der Waals surface area contributed by atoms with Crippen molar-refractivity contribution in [3.8, 4) is 5.75 Å². The Balaban J connectivity index is 1.71. The van der Waals surface area contributed by atoms with Crippen molar-refractivity contribution >= 4 is 27.5 Å². The Morgan fingerprint density at radius 3 is 2.32 bits per heavy atom. The van der Waals surface area contributed by atoms with Crippen LogP contribution >= 0.6 is 0 Å². The molecule has 3 rings (SSSR count). The van der Waals surface area contributed by atoms with Crippen LogP contribution in [0.15, 0.2) is 83.8 Å². The van der Waals surface area contributed by atoms with Crippen LogP contribution in [0.4, 0.5) is 5.69 Å². The van der Waals surface area contributed by atoms with Gasteiger partial charge < -0.3 is 4.74 Å². The van der Waals surface area contributed by atoms with Crippen molar-refractivity contribution in [2.75, 3.05) is 11.8 Å². The van der Waals surface area contributed by atoms with E-state index in [0.29, 0.717) is 12.2 Å². The lowest BCUT2D eigenvalue weighted by Crippen LogP contribution is -2.44. The van der Waals surface area contributed by atoms with Gasteiger partial charge in [0, 0.05) is 5.56 Å². The van der Waals surface area contributed by atoms with Gasteiger partial charge in [0.2, 0.25) is 5.91 Å². The maximum absolute atomic E-state index is 12.9. The summed E-state index contributed by atoms with van der Waals surface area (Å²) in [6.07, 6.45) is 1.41. The molecule has 3 aromatic carbocycles. The molecule has 0 bridgehead atoms. The topological polar surface area (TPSA) is 114 Å². The summed E-state index contributed by atoms with van der Waals surface area (Å²) in [5.74, 6) is -1.03. The van der Waals surface area contributed by atoms with Crippen LogP contribution in [0.1, 0.15) is 41.6 Å². The molecule has 0 radical (unpaired) electrons. The number of hydrazine groups is 1. The molecular weight excluding hydrogens is 454 g/mol. The van der Waals surface area contributed by atoms with Crippen LogP contribution in [0.2, 0.25) is 0 Å². The summed E-state index contributed by atoms with van der Waals surface area (Å²) in [5, 5.41) is 0. The highest BCUT2D eigenvalue weighted by Crippen LogP contribution is 2.26. The zero-order valence-corrected chi connectivity index (χ0v) is 19.8. The molecule has 0 aromatic heterocycles. The minimum Gasteiger partial charge on any atom is -0.495 e. The van der Waals surface area contributed by atoms with E-state index in [1.807, 2.05) is 37.3 Å². The van der Waals surface area contributed by atoms with Crippen LogP contribution in [0.5, 0.6) is 5.75 Å². The van der Waals surface area contributed by atoms with Crippen LogP contribution in [-0.4, -0.2) is 27.3 Å². The summed E-state index contributed by atoms with van der Waals surface area (Å²) >= 11 is 0. The largest absolute Gasteiger partial charge is 0.495 e. The molecule has 178 valence electrons. The molecule has 8 nitrogen and oxygen atoms in total. The second kappa shape index (κ2) is 11.3. The van der Waals surface area contributed by atoms with E-state index >= 15 is 0 Å². The Kier molecular flexibility index (Phi) is 8.26. The Labute approximate surface area is 199 Å². The number of amides is 2. The molecule has 1 atom stereocenters. The molecule has 9 heteroatoms. The van der Waals surface area contributed by atoms with Gasteiger partial charge in [0.15, 0.2) is 0 Å². The average molecular weight is 482 g/mol. The van der Waals surface area contributed by atoms with Crippen molar-refractivity contribution in [3.05, 3.63) is 90.0 Å². The summed E-state index contributed by atoms with van der Waals surface area (Å²) in [7, 11) is -2.55. The molecule has 2 amide bonds. The standard InChI is InChI=1S/C25H27N3O5S/c1-3-10-21(18-11-5-4-6-12-18)25(30)27-26-24(29)19-13-9-14-20(17-19)34(31,32)28-22-15-7-8-16-23(22)33-2/h4-9,11-17,21,28H,3,10H2,1-2H3,(H,26,29)(H,27,30). The van der Waals surface area contributed by atoms with Gasteiger partial charge in [-0.15, -0.1) is 0 Å². The first-order valence-corrected chi connectivity index (χ1v) is 12.2. The SMILES string of the molecule is CCCC(C(=O)NNC(=O)c1cccc(S(=O)(=O)Nc2ccccc2OC)c1)c1ccccc1. The molecular formula is C25H27N3O5S. The number of carbonyl (C=O) groups excluding carboxylic acids is 2. The van der Waals surface area contributed by atoms with E-state index in [-0.39, 0.29) is 22.1 Å². The van der Waals surface area contributed by atoms with Crippen molar-refractivity contribution in [3.63, 3.8) is 0 Å². The third-order valence-corrected chi connectivity index (χ3v) is 6.52. The first kappa shape index (κ1) is 24.8. The van der Waals surface area contributed by atoms with E-state index in [2.05, 4.69) is 15.6 Å². The Bertz CT molecular complexity index is 1250. The average Bonchev–Trinajstić information content (AvgIpc) is 2.86. The van der Waals surface area contributed by atoms with Gasteiger partial charge in [-0.1, -0.05) is 61.9 Å². The third kappa shape index (κ3) is 6.14. The van der Waals surface area contributed by atoms with Gasteiger partial charge in [-0.2, -0.15) is 0 Å². The number of anilines is 1. The van der Waals surface area contributed by atoms with Gasteiger partial charge in [0.25, 0.3) is 15.9 Å². The second-order valence-electron chi connectivity index (χ2n) is 7.53. The number of rotatable bonds is 9. The van der Waals surface area contributed by atoms with Gasteiger partial charge in [-0.05, 0) is 42.3 Å². The molecule has 1 unspecified atom stereocenters. The normalized spacial score (nSPS) is 11.8. The minimum atomic E-state index is -3.99. The van der Waals surface area contributed by atoms with E-state index in [1.165, 1.54) is 31.4 Å². The fourth-order valence-corrected chi connectivity index (χ4v) is 4.55. The summed E-state index contributed by atoms with van der Waals surface area (Å²) in [6, 6.07) is 21.4. The van der Waals surface area contributed by atoms with Gasteiger partial charge in [-0.25, -0.2) is 8.42 Å². The number of ether oxygens (including phenoxy) is 1. The van der Waals surface area contributed by atoms with Crippen LogP contribution in [0, 0.1) is 0 Å². The van der Waals surface area contributed by atoms with Crippen molar-refractivity contribution in [1.29, 1.82) is 0 Å². The van der Waals surface area contributed by atoms with E-state index in [9.17, 15) is 18.0 Å². The Morgan fingerprint density at radius 1 is 0.912 bits per heavy atom. The van der Waals surface area contributed by atoms with Crippen molar-refractivity contribution < 1.29 is 22.7 Å². The van der Waals surface area contributed by atoms with E-state index in [0.717, 1.165) is 12.0 Å². The molecule has 0 saturated heterocycles. The number of sulfonamides is 1. The van der Waals surface area contributed by atoms with Gasteiger partial charge in [0.1, 0.15) is 5.75 Å². The van der Waals surface area contributed by atoms with Crippen LogP contribution in [0.25, 0.3) is 0 Å². The van der Waals surface area contributed by atoms with Crippen LogP contribution in [0.3, 0.4) is 0 Å². The maximum Gasteiger partial charge on any atom is 0.269 e. The predicted octanol–water partition coefficient (Wildman–Crippen LogP) is 3.84. The highest BCUT2D eigenvalue weighted by molar-refractivity contribution is 7.92. The summed E-state index contributed by atoms with van der Waals surface area (Å²) < 4.78 is 33.4. The molecule has 34 heavy (non-hydrogen) atoms. The minimum absolute atomic E-state index is 0.0787. The monoisotopic (exact) mass is 481 g/mol. The second-order valence-corrected chi connectivity index (χ2v) is 9.21. The molecule has 0 spiro atoms. The number of para-hydroxylation sites is 2. The number of hydrogen-bond donors (Lipinski definition) is 3. The van der Waals surface area contributed by atoms with E-state index in [4.69, 9.17) is 4.74 Å². The highest BCUT2D eigenvalue weighted by atomic mass is 32.2. The molecule has 0 aliphatic rings. The summed E-state index contributed by atoms with van der Waals surface area (Å²) in [6.45, 7) is 1.98. The molecule has 3 N–H and O–H groups in total. The van der Waals surface area contributed by atoms with Crippen LogP contribution < -0.4 is 20.3 Å². The fraction of sp³-hybridized carbons (Fsp3) is 0.200. The van der Waals surface area contributed by atoms with E-state index < -0.39 is 21.8 Å². The van der Waals surface area contributed by atoms with Gasteiger partial charge in [0.05, 0.1) is 23.6 Å². The molecule has 0 fully saturated rings. The fourth-order valence-electron chi connectivity index (χ4n) is 3.44. The number of hydrogen-bond acceptors (Lipinski definition) is 5. The molecule has 0 aliphatic carbocycles. The zero-order valence-electron chi connectivity index (χ0n) is 18.9. The summed E-state index contributed by atoms with van der Waals surface area (Å²) in [5.41, 5.74) is 6.04. The molecule has 0 aliphatic heterocycles. The molecule has 0 saturated carbocycles. The lowest BCUT2D eigenvalue weighted by Gasteiger charge is -2.17. The van der Waals surface area contributed by atoms with E-state index in [1.54, 1.807) is 24.3 Å². The predicted molar refractivity (Wildman–Crippen MR) is 130 cm³/mol. The van der Waals surface area contributed by atoms with Crippen LogP contribution in [-0.2, 0) is 14.8 Å². The molecule has 3 aromatic rings. The lowest BCUT2D eigenvalue weighted by atomic mass is 9.94. The Hall–Kier alpha value is -3.85. The molecule has 0 heterocycles. The number of carbonyl (C=O) groups is 2. The number of benzene rings is 3. The maximum atomic E-state index is 12.9. The van der Waals surface area contributed by atoms with Gasteiger partial charge in [-0.3, -0.25) is 25.2 Å². The Morgan fingerprint density at radius 2 is 1.62 bits per heavy atom. The zero-order chi connectivity index (χ0) is 24.6. The summed E-state index contributed by atoms with van der Waals surface area (Å²) in [4.78, 5) is 25.3. The third-order valence-electron chi connectivity index (χ3n) is 5.15. The number of nitrogens with one attached hydrogen (secondary N) is 3.